The number of aromatic hydroxyl groups is 1. The van der Waals surface area contributed by atoms with E-state index in [1.807, 2.05) is 34.6 Å². The molecule has 1 aliphatic heterocycles. The van der Waals surface area contributed by atoms with Crippen molar-refractivity contribution in [2.24, 2.45) is 0 Å². The van der Waals surface area contributed by atoms with Crippen LogP contribution in [0.25, 0.3) is 6.08 Å². The van der Waals surface area contributed by atoms with Gasteiger partial charge in [0.1, 0.15) is 5.73 Å². The van der Waals surface area contributed by atoms with Crippen molar-refractivity contribution < 1.29 is 23.5 Å². The largest absolute Gasteiger partial charge is 0.525 e. The van der Waals surface area contributed by atoms with Gasteiger partial charge in [-0.1, -0.05) is 6.07 Å². The molecule has 0 saturated carbocycles. The molecule has 6 heteroatoms. The SMILES string of the molecule is CCOc1cc(C=C(F)B2OC(C)(C)C(C)(C)O2)ccc1O. The minimum atomic E-state index is -1.03. The number of hydrogen-bond donors (Lipinski definition) is 1. The number of phenols is 1. The Labute approximate surface area is 131 Å². The summed E-state index contributed by atoms with van der Waals surface area (Å²) in [4.78, 5) is 0. The predicted octanol–water partition coefficient (Wildman–Crippen LogP) is 3.73. The highest BCUT2D eigenvalue weighted by atomic mass is 19.1. The Bertz CT molecular complexity index is 568. The minimum Gasteiger partial charge on any atom is -0.504 e. The fraction of sp³-hybridized carbons (Fsp3) is 0.500. The third-order valence-electron chi connectivity index (χ3n) is 4.07. The second-order valence-corrected chi connectivity index (χ2v) is 6.28. The number of benzene rings is 1. The van der Waals surface area contributed by atoms with Gasteiger partial charge in [-0.25, -0.2) is 4.39 Å². The summed E-state index contributed by atoms with van der Waals surface area (Å²) in [7, 11) is -1.03. The zero-order valence-electron chi connectivity index (χ0n) is 13.6. The molecule has 1 heterocycles. The highest BCUT2D eigenvalue weighted by Gasteiger charge is 2.53. The lowest BCUT2D eigenvalue weighted by Crippen LogP contribution is -2.41. The molecule has 1 N–H and O–H groups in total. The summed E-state index contributed by atoms with van der Waals surface area (Å²) in [6.07, 6.45) is 1.32. The van der Waals surface area contributed by atoms with Crippen molar-refractivity contribution in [2.75, 3.05) is 6.61 Å². The number of hydrogen-bond acceptors (Lipinski definition) is 4. The van der Waals surface area contributed by atoms with Gasteiger partial charge >= 0.3 is 7.12 Å². The van der Waals surface area contributed by atoms with E-state index in [9.17, 15) is 9.50 Å². The van der Waals surface area contributed by atoms with Gasteiger partial charge < -0.3 is 19.2 Å². The Morgan fingerprint density at radius 2 is 1.86 bits per heavy atom. The van der Waals surface area contributed by atoms with Crippen LogP contribution in [0.4, 0.5) is 4.39 Å². The molecule has 4 nitrogen and oxygen atoms in total. The lowest BCUT2D eigenvalue weighted by atomic mass is 9.87. The molecule has 1 fully saturated rings. The van der Waals surface area contributed by atoms with Gasteiger partial charge in [0.05, 0.1) is 17.8 Å². The van der Waals surface area contributed by atoms with Crippen LogP contribution in [-0.2, 0) is 9.31 Å². The Hall–Kier alpha value is -1.53. The average molecular weight is 308 g/mol. The first kappa shape index (κ1) is 16.8. The Morgan fingerprint density at radius 1 is 1.27 bits per heavy atom. The molecule has 0 radical (unpaired) electrons. The van der Waals surface area contributed by atoms with Crippen LogP contribution in [0.2, 0.25) is 0 Å². The maximum atomic E-state index is 14.4. The fourth-order valence-electron chi connectivity index (χ4n) is 2.07. The molecule has 1 saturated heterocycles. The summed E-state index contributed by atoms with van der Waals surface area (Å²) in [5, 5.41) is 9.66. The van der Waals surface area contributed by atoms with Gasteiger partial charge in [0, 0.05) is 0 Å². The Balaban J connectivity index is 2.22. The summed E-state index contributed by atoms with van der Waals surface area (Å²) < 4.78 is 31.0. The number of ether oxygens (including phenoxy) is 1. The first-order valence-corrected chi connectivity index (χ1v) is 7.35. The molecule has 0 amide bonds. The minimum absolute atomic E-state index is 0.0232. The molecule has 0 aliphatic carbocycles. The van der Waals surface area contributed by atoms with Crippen LogP contribution >= 0.6 is 0 Å². The van der Waals surface area contributed by atoms with Crippen LogP contribution in [0, 0.1) is 0 Å². The van der Waals surface area contributed by atoms with E-state index < -0.39 is 24.0 Å². The van der Waals surface area contributed by atoms with Crippen LogP contribution in [0.15, 0.2) is 23.9 Å². The van der Waals surface area contributed by atoms with Crippen molar-refractivity contribution in [2.45, 2.75) is 45.8 Å². The zero-order chi connectivity index (χ0) is 16.5. The molecule has 1 aromatic carbocycles. The quantitative estimate of drug-likeness (QED) is 0.861. The lowest BCUT2D eigenvalue weighted by molar-refractivity contribution is 0.00578. The average Bonchev–Trinajstić information content (AvgIpc) is 2.63. The second kappa shape index (κ2) is 5.93. The van der Waals surface area contributed by atoms with E-state index in [-0.39, 0.29) is 5.75 Å². The van der Waals surface area contributed by atoms with Crippen molar-refractivity contribution >= 4 is 13.2 Å². The number of phenolic OH excluding ortho intramolecular Hbond substituents is 1. The molecule has 0 atom stereocenters. The van der Waals surface area contributed by atoms with Crippen molar-refractivity contribution in [3.05, 3.63) is 29.5 Å². The standard InChI is InChI=1S/C16H22BFO4/c1-6-20-13-9-11(7-8-12(13)19)10-14(18)17-21-15(2,3)16(4,5)22-17/h7-10,19H,6H2,1-5H3. The number of rotatable bonds is 4. The van der Waals surface area contributed by atoms with E-state index in [0.717, 1.165) is 0 Å². The molecule has 120 valence electrons. The van der Waals surface area contributed by atoms with E-state index >= 15 is 0 Å². The maximum absolute atomic E-state index is 14.4. The monoisotopic (exact) mass is 308 g/mol. The number of halogens is 1. The van der Waals surface area contributed by atoms with Gasteiger partial charge in [0.25, 0.3) is 0 Å². The van der Waals surface area contributed by atoms with Crippen LogP contribution in [0.1, 0.15) is 40.2 Å². The maximum Gasteiger partial charge on any atom is 0.525 e. The van der Waals surface area contributed by atoms with Crippen LogP contribution in [0.3, 0.4) is 0 Å². The van der Waals surface area contributed by atoms with Gasteiger partial charge in [-0.2, -0.15) is 0 Å². The Kier molecular flexibility index (Phi) is 4.54. The van der Waals surface area contributed by atoms with Gasteiger partial charge in [-0.15, -0.1) is 0 Å². The summed E-state index contributed by atoms with van der Waals surface area (Å²) >= 11 is 0. The van der Waals surface area contributed by atoms with E-state index in [4.69, 9.17) is 14.0 Å². The van der Waals surface area contributed by atoms with E-state index in [0.29, 0.717) is 17.9 Å². The zero-order valence-corrected chi connectivity index (χ0v) is 13.6. The van der Waals surface area contributed by atoms with Crippen LogP contribution in [0.5, 0.6) is 11.5 Å². The van der Waals surface area contributed by atoms with Crippen molar-refractivity contribution in [3.8, 4) is 11.5 Å². The highest BCUT2D eigenvalue weighted by molar-refractivity contribution is 6.54. The predicted molar refractivity (Wildman–Crippen MR) is 84.4 cm³/mol. The summed E-state index contributed by atoms with van der Waals surface area (Å²) in [6.45, 7) is 9.71. The van der Waals surface area contributed by atoms with E-state index in [2.05, 4.69) is 0 Å². The molecular formula is C16H22BFO4. The lowest BCUT2D eigenvalue weighted by Gasteiger charge is -2.32. The first-order valence-electron chi connectivity index (χ1n) is 7.35. The third kappa shape index (κ3) is 3.28. The molecular weight excluding hydrogens is 286 g/mol. The molecule has 22 heavy (non-hydrogen) atoms. The van der Waals surface area contributed by atoms with Gasteiger partial charge in [-0.3, -0.25) is 0 Å². The van der Waals surface area contributed by atoms with Gasteiger partial charge in [0.15, 0.2) is 11.5 Å². The molecule has 0 bridgehead atoms. The van der Waals surface area contributed by atoms with Gasteiger partial charge in [0.2, 0.25) is 0 Å². The topological polar surface area (TPSA) is 47.9 Å². The summed E-state index contributed by atoms with van der Waals surface area (Å²) in [5.74, 6) is 0.341. The van der Waals surface area contributed by atoms with Crippen molar-refractivity contribution in [3.63, 3.8) is 0 Å². The first-order chi connectivity index (χ1) is 10.2. The smallest absolute Gasteiger partial charge is 0.504 e. The highest BCUT2D eigenvalue weighted by Crippen LogP contribution is 2.39. The van der Waals surface area contributed by atoms with Crippen LogP contribution < -0.4 is 4.74 Å². The Morgan fingerprint density at radius 3 is 2.41 bits per heavy atom. The molecule has 1 aromatic rings. The van der Waals surface area contributed by atoms with E-state index in [1.54, 1.807) is 12.1 Å². The van der Waals surface area contributed by atoms with Crippen LogP contribution in [-0.4, -0.2) is 30.0 Å². The third-order valence-corrected chi connectivity index (χ3v) is 4.07. The van der Waals surface area contributed by atoms with Crippen molar-refractivity contribution in [1.82, 2.24) is 0 Å². The molecule has 0 spiro atoms. The second-order valence-electron chi connectivity index (χ2n) is 6.28. The summed E-state index contributed by atoms with van der Waals surface area (Å²) in [5.41, 5.74) is -1.14. The molecule has 1 aliphatic rings. The molecule has 0 aromatic heterocycles. The normalized spacial score (nSPS) is 20.3. The summed E-state index contributed by atoms with van der Waals surface area (Å²) in [6, 6.07) is 4.64. The van der Waals surface area contributed by atoms with Gasteiger partial charge in [-0.05, 0) is 58.4 Å². The molecule has 0 unspecified atom stereocenters. The van der Waals surface area contributed by atoms with E-state index in [1.165, 1.54) is 12.1 Å². The molecule has 2 rings (SSSR count). The van der Waals surface area contributed by atoms with Crippen molar-refractivity contribution in [1.29, 1.82) is 0 Å². The fourth-order valence-corrected chi connectivity index (χ4v) is 2.07.